The van der Waals surface area contributed by atoms with E-state index in [1.807, 2.05) is 0 Å². The lowest BCUT2D eigenvalue weighted by Gasteiger charge is -2.23. The van der Waals surface area contributed by atoms with Crippen molar-refractivity contribution in [2.45, 2.75) is 44.6 Å². The zero-order chi connectivity index (χ0) is 13.2. The molecule has 21 heavy (non-hydrogen) atoms. The van der Waals surface area contributed by atoms with E-state index in [9.17, 15) is 4.79 Å². The van der Waals surface area contributed by atoms with Gasteiger partial charge < -0.3 is 10.6 Å². The monoisotopic (exact) mass is 337 g/mol. The topological polar surface area (TPSA) is 49.6 Å². The number of rotatable bonds is 3. The SMILES string of the molecule is Cl.Cl.N[C@H]1CN(CC(=O)N2CCCCCC2)C[C@@H]1C1CC1. The van der Waals surface area contributed by atoms with Crippen molar-refractivity contribution in [2.75, 3.05) is 32.7 Å². The molecule has 3 aliphatic rings. The molecule has 0 bridgehead atoms. The average Bonchev–Trinajstić information content (AvgIpc) is 3.19. The number of likely N-dealkylation sites (tertiary alicyclic amines) is 2. The number of carbonyl (C=O) groups excluding carboxylic acids is 1. The molecular weight excluding hydrogens is 309 g/mol. The first-order valence-electron chi connectivity index (χ1n) is 8.00. The highest BCUT2D eigenvalue weighted by molar-refractivity contribution is 5.85. The molecule has 2 saturated heterocycles. The molecule has 0 aromatic heterocycles. The van der Waals surface area contributed by atoms with Crippen LogP contribution in [0.5, 0.6) is 0 Å². The first-order chi connectivity index (χ1) is 9.24. The summed E-state index contributed by atoms with van der Waals surface area (Å²) in [6.07, 6.45) is 7.62. The zero-order valence-corrected chi connectivity index (χ0v) is 14.3. The van der Waals surface area contributed by atoms with Crippen molar-refractivity contribution >= 4 is 30.7 Å². The van der Waals surface area contributed by atoms with Gasteiger partial charge in [0.05, 0.1) is 6.54 Å². The Hall–Kier alpha value is -0.0300. The van der Waals surface area contributed by atoms with Crippen LogP contribution in [-0.2, 0) is 4.79 Å². The van der Waals surface area contributed by atoms with Crippen LogP contribution >= 0.6 is 24.8 Å². The highest BCUT2D eigenvalue weighted by Crippen LogP contribution is 2.40. The van der Waals surface area contributed by atoms with E-state index >= 15 is 0 Å². The molecule has 0 unspecified atom stereocenters. The number of halogens is 2. The molecule has 2 heterocycles. The number of nitrogens with two attached hydrogens (primary N) is 1. The summed E-state index contributed by atoms with van der Waals surface area (Å²) in [6.45, 7) is 4.48. The summed E-state index contributed by atoms with van der Waals surface area (Å²) in [5.41, 5.74) is 6.22. The van der Waals surface area contributed by atoms with E-state index in [0.717, 1.165) is 32.1 Å². The fourth-order valence-electron chi connectivity index (χ4n) is 3.71. The van der Waals surface area contributed by atoms with Crippen molar-refractivity contribution in [3.05, 3.63) is 0 Å². The largest absolute Gasteiger partial charge is 0.342 e. The maximum Gasteiger partial charge on any atom is 0.236 e. The fourth-order valence-corrected chi connectivity index (χ4v) is 3.71. The molecule has 2 aliphatic heterocycles. The molecule has 6 heteroatoms. The van der Waals surface area contributed by atoms with E-state index in [4.69, 9.17) is 5.73 Å². The van der Waals surface area contributed by atoms with Gasteiger partial charge in [0, 0.05) is 32.2 Å². The smallest absolute Gasteiger partial charge is 0.236 e. The number of hydrogen-bond donors (Lipinski definition) is 1. The average molecular weight is 338 g/mol. The normalized spacial score (nSPS) is 30.2. The molecule has 2 atom stereocenters. The summed E-state index contributed by atoms with van der Waals surface area (Å²) < 4.78 is 0. The van der Waals surface area contributed by atoms with Crippen LogP contribution in [0.1, 0.15) is 38.5 Å². The third kappa shape index (κ3) is 4.98. The van der Waals surface area contributed by atoms with Gasteiger partial charge in [-0.3, -0.25) is 9.69 Å². The highest BCUT2D eigenvalue weighted by atomic mass is 35.5. The van der Waals surface area contributed by atoms with E-state index in [-0.39, 0.29) is 24.8 Å². The van der Waals surface area contributed by atoms with Crippen molar-refractivity contribution in [1.29, 1.82) is 0 Å². The predicted octanol–water partition coefficient (Wildman–Crippen LogP) is 1.90. The Balaban J connectivity index is 0.00000110. The van der Waals surface area contributed by atoms with Crippen LogP contribution < -0.4 is 5.73 Å². The first-order valence-corrected chi connectivity index (χ1v) is 8.00. The van der Waals surface area contributed by atoms with Gasteiger partial charge in [0.2, 0.25) is 5.91 Å². The van der Waals surface area contributed by atoms with Gasteiger partial charge in [-0.15, -0.1) is 24.8 Å². The van der Waals surface area contributed by atoms with Gasteiger partial charge in [-0.25, -0.2) is 0 Å². The minimum atomic E-state index is 0. The van der Waals surface area contributed by atoms with E-state index in [1.165, 1.54) is 38.5 Å². The van der Waals surface area contributed by atoms with Crippen LogP contribution in [0.15, 0.2) is 0 Å². The molecule has 0 aromatic carbocycles. The minimum absolute atomic E-state index is 0. The van der Waals surface area contributed by atoms with E-state index in [1.54, 1.807) is 0 Å². The minimum Gasteiger partial charge on any atom is -0.342 e. The molecule has 3 fully saturated rings. The molecule has 3 rings (SSSR count). The summed E-state index contributed by atoms with van der Waals surface area (Å²) in [4.78, 5) is 16.7. The van der Waals surface area contributed by atoms with Crippen LogP contribution in [-0.4, -0.2) is 54.5 Å². The second-order valence-electron chi connectivity index (χ2n) is 6.65. The molecule has 0 spiro atoms. The van der Waals surface area contributed by atoms with Crippen LogP contribution in [0.4, 0.5) is 0 Å². The Labute approximate surface area is 140 Å². The quantitative estimate of drug-likeness (QED) is 0.855. The number of amides is 1. The molecule has 124 valence electrons. The first kappa shape index (κ1) is 19.0. The summed E-state index contributed by atoms with van der Waals surface area (Å²) >= 11 is 0. The third-order valence-corrected chi connectivity index (χ3v) is 5.03. The highest BCUT2D eigenvalue weighted by Gasteiger charge is 2.41. The Kier molecular flexibility index (Phi) is 7.75. The van der Waals surface area contributed by atoms with E-state index in [2.05, 4.69) is 9.80 Å². The van der Waals surface area contributed by atoms with Gasteiger partial charge >= 0.3 is 0 Å². The van der Waals surface area contributed by atoms with Crippen LogP contribution in [0, 0.1) is 11.8 Å². The Morgan fingerprint density at radius 3 is 2.19 bits per heavy atom. The molecule has 1 saturated carbocycles. The zero-order valence-electron chi connectivity index (χ0n) is 12.7. The summed E-state index contributed by atoms with van der Waals surface area (Å²) in [7, 11) is 0. The van der Waals surface area contributed by atoms with Gasteiger partial charge in [-0.05, 0) is 37.5 Å². The Morgan fingerprint density at radius 1 is 1.00 bits per heavy atom. The number of nitrogens with zero attached hydrogens (tertiary/aromatic N) is 2. The molecule has 2 N–H and O–H groups in total. The molecule has 1 aliphatic carbocycles. The standard InChI is InChI=1S/C15H27N3O.2ClH/c16-14-10-17(9-13(14)12-5-6-12)11-15(19)18-7-3-1-2-4-8-18;;/h12-14H,1-11,16H2;2*1H/t13-,14+;;/m1../s1. The second-order valence-corrected chi connectivity index (χ2v) is 6.65. The summed E-state index contributed by atoms with van der Waals surface area (Å²) in [6, 6.07) is 0.296. The van der Waals surface area contributed by atoms with Gasteiger partial charge in [0.25, 0.3) is 0 Å². The molecule has 0 aromatic rings. The third-order valence-electron chi connectivity index (χ3n) is 5.03. The van der Waals surface area contributed by atoms with Crippen LogP contribution in [0.2, 0.25) is 0 Å². The van der Waals surface area contributed by atoms with Crippen LogP contribution in [0.25, 0.3) is 0 Å². The lowest BCUT2D eigenvalue weighted by atomic mass is 9.99. The van der Waals surface area contributed by atoms with Crippen molar-refractivity contribution in [1.82, 2.24) is 9.80 Å². The van der Waals surface area contributed by atoms with Gasteiger partial charge in [-0.1, -0.05) is 12.8 Å². The Bertz CT molecular complexity index is 331. The van der Waals surface area contributed by atoms with Gasteiger partial charge in [-0.2, -0.15) is 0 Å². The fraction of sp³-hybridized carbons (Fsp3) is 0.933. The second kappa shape index (κ2) is 8.56. The summed E-state index contributed by atoms with van der Waals surface area (Å²) in [5.74, 6) is 1.83. The molecule has 0 radical (unpaired) electrons. The van der Waals surface area contributed by atoms with Crippen LogP contribution in [0.3, 0.4) is 0 Å². The summed E-state index contributed by atoms with van der Waals surface area (Å²) in [5, 5.41) is 0. The molecule has 4 nitrogen and oxygen atoms in total. The van der Waals surface area contributed by atoms with E-state index < -0.39 is 0 Å². The van der Waals surface area contributed by atoms with Crippen molar-refractivity contribution in [3.8, 4) is 0 Å². The van der Waals surface area contributed by atoms with Crippen molar-refractivity contribution < 1.29 is 4.79 Å². The lowest BCUT2D eigenvalue weighted by molar-refractivity contribution is -0.132. The Morgan fingerprint density at radius 2 is 1.62 bits per heavy atom. The van der Waals surface area contributed by atoms with Crippen molar-refractivity contribution in [2.24, 2.45) is 17.6 Å². The van der Waals surface area contributed by atoms with E-state index in [0.29, 0.717) is 24.4 Å². The van der Waals surface area contributed by atoms with Gasteiger partial charge in [0.15, 0.2) is 0 Å². The molecule has 1 amide bonds. The maximum atomic E-state index is 12.3. The maximum absolute atomic E-state index is 12.3. The molecular formula is C15H29Cl2N3O. The predicted molar refractivity (Wildman–Crippen MR) is 90.2 cm³/mol. The van der Waals surface area contributed by atoms with Gasteiger partial charge in [0.1, 0.15) is 0 Å². The number of hydrogen-bond acceptors (Lipinski definition) is 3. The van der Waals surface area contributed by atoms with Crippen molar-refractivity contribution in [3.63, 3.8) is 0 Å². The lowest BCUT2D eigenvalue weighted by Crippen LogP contribution is -2.40. The number of carbonyl (C=O) groups is 1.